The molecule has 0 saturated carbocycles. The SMILES string of the molecule is Cn1ncc(-c2c[nH]cn2)c1C(C)(C)C. The predicted molar refractivity (Wildman–Crippen MR) is 59.5 cm³/mol. The van der Waals surface area contributed by atoms with Gasteiger partial charge in [0.25, 0.3) is 0 Å². The van der Waals surface area contributed by atoms with Crippen molar-refractivity contribution in [3.63, 3.8) is 0 Å². The lowest BCUT2D eigenvalue weighted by molar-refractivity contribution is 0.524. The smallest absolute Gasteiger partial charge is 0.0927 e. The van der Waals surface area contributed by atoms with Crippen molar-refractivity contribution in [1.82, 2.24) is 19.7 Å². The zero-order valence-corrected chi connectivity index (χ0v) is 9.57. The highest BCUT2D eigenvalue weighted by Crippen LogP contribution is 2.30. The van der Waals surface area contributed by atoms with Crippen LogP contribution in [0.25, 0.3) is 11.3 Å². The molecule has 0 aliphatic carbocycles. The number of H-pyrrole nitrogens is 1. The van der Waals surface area contributed by atoms with Gasteiger partial charge in [0.1, 0.15) is 0 Å². The van der Waals surface area contributed by atoms with Crippen molar-refractivity contribution < 1.29 is 0 Å². The zero-order valence-electron chi connectivity index (χ0n) is 9.57. The van der Waals surface area contributed by atoms with Crippen molar-refractivity contribution in [1.29, 1.82) is 0 Å². The first-order chi connectivity index (χ1) is 7.00. The molecule has 0 aliphatic heterocycles. The Morgan fingerprint density at radius 1 is 1.33 bits per heavy atom. The molecule has 0 radical (unpaired) electrons. The van der Waals surface area contributed by atoms with E-state index < -0.39 is 0 Å². The highest BCUT2D eigenvalue weighted by molar-refractivity contribution is 5.61. The van der Waals surface area contributed by atoms with Gasteiger partial charge in [-0.1, -0.05) is 20.8 Å². The maximum atomic E-state index is 4.30. The van der Waals surface area contributed by atoms with Crippen LogP contribution in [0.3, 0.4) is 0 Å². The van der Waals surface area contributed by atoms with E-state index in [1.807, 2.05) is 24.1 Å². The Bertz CT molecular complexity index is 445. The van der Waals surface area contributed by atoms with Crippen LogP contribution in [0.15, 0.2) is 18.7 Å². The van der Waals surface area contributed by atoms with Gasteiger partial charge in [-0.2, -0.15) is 5.10 Å². The molecule has 15 heavy (non-hydrogen) atoms. The van der Waals surface area contributed by atoms with E-state index in [0.717, 1.165) is 11.3 Å². The van der Waals surface area contributed by atoms with Crippen LogP contribution in [0, 0.1) is 0 Å². The van der Waals surface area contributed by atoms with E-state index in [0.29, 0.717) is 0 Å². The van der Waals surface area contributed by atoms with Crippen molar-refractivity contribution in [3.8, 4) is 11.3 Å². The summed E-state index contributed by atoms with van der Waals surface area (Å²) in [6.07, 6.45) is 5.46. The average molecular weight is 204 g/mol. The lowest BCUT2D eigenvalue weighted by Crippen LogP contribution is -2.17. The van der Waals surface area contributed by atoms with Crippen molar-refractivity contribution in [2.24, 2.45) is 7.05 Å². The Kier molecular flexibility index (Phi) is 2.14. The van der Waals surface area contributed by atoms with Gasteiger partial charge in [0, 0.05) is 24.2 Å². The van der Waals surface area contributed by atoms with Crippen LogP contribution in [0.2, 0.25) is 0 Å². The molecule has 4 heteroatoms. The fourth-order valence-corrected chi connectivity index (χ4v) is 1.92. The molecule has 80 valence electrons. The molecule has 0 bridgehead atoms. The van der Waals surface area contributed by atoms with Gasteiger partial charge < -0.3 is 4.98 Å². The summed E-state index contributed by atoms with van der Waals surface area (Å²) in [4.78, 5) is 7.23. The first-order valence-corrected chi connectivity index (χ1v) is 5.02. The molecule has 0 spiro atoms. The molecule has 1 N–H and O–H groups in total. The van der Waals surface area contributed by atoms with Crippen LogP contribution in [0.1, 0.15) is 26.5 Å². The van der Waals surface area contributed by atoms with E-state index >= 15 is 0 Å². The summed E-state index contributed by atoms with van der Waals surface area (Å²) in [5, 5.41) is 4.30. The molecule has 0 unspecified atom stereocenters. The number of aromatic nitrogens is 4. The van der Waals surface area contributed by atoms with Crippen LogP contribution in [-0.4, -0.2) is 19.7 Å². The number of aryl methyl sites for hydroxylation is 1. The van der Waals surface area contributed by atoms with Crippen LogP contribution in [0.5, 0.6) is 0 Å². The molecular weight excluding hydrogens is 188 g/mol. The van der Waals surface area contributed by atoms with Crippen LogP contribution in [-0.2, 0) is 12.5 Å². The number of nitrogens with zero attached hydrogens (tertiary/aromatic N) is 3. The number of hydrogen-bond donors (Lipinski definition) is 1. The monoisotopic (exact) mass is 204 g/mol. The first-order valence-electron chi connectivity index (χ1n) is 5.02. The number of aromatic amines is 1. The summed E-state index contributed by atoms with van der Waals surface area (Å²) in [6, 6.07) is 0. The molecule has 0 aliphatic rings. The number of imidazole rings is 1. The van der Waals surface area contributed by atoms with E-state index in [9.17, 15) is 0 Å². The average Bonchev–Trinajstić information content (AvgIpc) is 2.68. The van der Waals surface area contributed by atoms with Crippen molar-refractivity contribution >= 4 is 0 Å². The van der Waals surface area contributed by atoms with E-state index in [2.05, 4.69) is 35.8 Å². The third-order valence-electron chi connectivity index (χ3n) is 2.42. The molecule has 0 atom stereocenters. The summed E-state index contributed by atoms with van der Waals surface area (Å²) >= 11 is 0. The largest absolute Gasteiger partial charge is 0.351 e. The molecule has 2 heterocycles. The molecule has 4 nitrogen and oxygen atoms in total. The lowest BCUT2D eigenvalue weighted by atomic mass is 9.88. The lowest BCUT2D eigenvalue weighted by Gasteiger charge is -2.20. The Hall–Kier alpha value is -1.58. The molecule has 0 amide bonds. The van der Waals surface area contributed by atoms with Gasteiger partial charge in [-0.15, -0.1) is 0 Å². The second-order valence-corrected chi connectivity index (χ2v) is 4.73. The van der Waals surface area contributed by atoms with Crippen LogP contribution >= 0.6 is 0 Å². The highest BCUT2D eigenvalue weighted by atomic mass is 15.3. The van der Waals surface area contributed by atoms with E-state index in [4.69, 9.17) is 0 Å². The fourth-order valence-electron chi connectivity index (χ4n) is 1.92. The van der Waals surface area contributed by atoms with Gasteiger partial charge in [0.2, 0.25) is 0 Å². The summed E-state index contributed by atoms with van der Waals surface area (Å²) in [5.74, 6) is 0. The standard InChI is InChI=1S/C11H16N4/c1-11(2,3)10-8(5-14-15(10)4)9-6-12-7-13-9/h5-7H,1-4H3,(H,12,13). The van der Waals surface area contributed by atoms with Crippen LogP contribution < -0.4 is 0 Å². The third kappa shape index (κ3) is 1.67. The first kappa shape index (κ1) is 9.96. The second-order valence-electron chi connectivity index (χ2n) is 4.73. The van der Waals surface area contributed by atoms with Crippen molar-refractivity contribution in [2.75, 3.05) is 0 Å². The number of rotatable bonds is 1. The van der Waals surface area contributed by atoms with Gasteiger partial charge >= 0.3 is 0 Å². The normalized spacial score (nSPS) is 12.0. The number of nitrogens with one attached hydrogen (secondary N) is 1. The quantitative estimate of drug-likeness (QED) is 0.773. The topological polar surface area (TPSA) is 46.5 Å². The highest BCUT2D eigenvalue weighted by Gasteiger charge is 2.23. The van der Waals surface area contributed by atoms with Gasteiger partial charge in [0.05, 0.1) is 23.9 Å². The van der Waals surface area contributed by atoms with Crippen molar-refractivity contribution in [3.05, 3.63) is 24.4 Å². The van der Waals surface area contributed by atoms with Crippen molar-refractivity contribution in [2.45, 2.75) is 26.2 Å². The molecule has 0 saturated heterocycles. The maximum absolute atomic E-state index is 4.30. The van der Waals surface area contributed by atoms with E-state index in [-0.39, 0.29) is 5.41 Å². The Labute approximate surface area is 89.3 Å². The van der Waals surface area contributed by atoms with Crippen LogP contribution in [0.4, 0.5) is 0 Å². The zero-order chi connectivity index (χ0) is 11.1. The minimum atomic E-state index is 0.0690. The minimum Gasteiger partial charge on any atom is -0.351 e. The molecule has 0 fully saturated rings. The predicted octanol–water partition coefficient (Wildman–Crippen LogP) is 2.11. The molecule has 2 aromatic heterocycles. The van der Waals surface area contributed by atoms with Gasteiger partial charge in [-0.3, -0.25) is 4.68 Å². The van der Waals surface area contributed by atoms with Gasteiger partial charge in [0.15, 0.2) is 0 Å². The Morgan fingerprint density at radius 3 is 2.60 bits per heavy atom. The summed E-state index contributed by atoms with van der Waals surface area (Å²) in [6.45, 7) is 6.54. The van der Waals surface area contributed by atoms with Gasteiger partial charge in [-0.25, -0.2) is 4.98 Å². The Balaban J connectivity index is 2.59. The Morgan fingerprint density at radius 2 is 2.07 bits per heavy atom. The molecule has 2 aromatic rings. The van der Waals surface area contributed by atoms with E-state index in [1.165, 1.54) is 5.69 Å². The fraction of sp³-hybridized carbons (Fsp3) is 0.455. The molecular formula is C11H16N4. The maximum Gasteiger partial charge on any atom is 0.0927 e. The third-order valence-corrected chi connectivity index (χ3v) is 2.42. The minimum absolute atomic E-state index is 0.0690. The second kappa shape index (κ2) is 3.22. The van der Waals surface area contributed by atoms with E-state index in [1.54, 1.807) is 6.33 Å². The summed E-state index contributed by atoms with van der Waals surface area (Å²) in [5.41, 5.74) is 3.33. The molecule has 0 aromatic carbocycles. The number of hydrogen-bond acceptors (Lipinski definition) is 2. The summed E-state index contributed by atoms with van der Waals surface area (Å²) < 4.78 is 1.92. The van der Waals surface area contributed by atoms with Gasteiger partial charge in [-0.05, 0) is 0 Å². The molecule has 2 rings (SSSR count). The summed E-state index contributed by atoms with van der Waals surface area (Å²) in [7, 11) is 1.97.